The fraction of sp³-hybridized carbons (Fsp3) is 0.438. The van der Waals surface area contributed by atoms with E-state index < -0.39 is 0 Å². The van der Waals surface area contributed by atoms with Crippen LogP contribution in [0.5, 0.6) is 0 Å². The van der Waals surface area contributed by atoms with Crippen LogP contribution in [0.3, 0.4) is 0 Å². The van der Waals surface area contributed by atoms with Crippen LogP contribution in [-0.4, -0.2) is 9.78 Å². The number of aryl methyl sites for hydroxylation is 3. The monoisotopic (exact) mass is 272 g/mol. The van der Waals surface area contributed by atoms with Crippen molar-refractivity contribution >= 4 is 0 Å². The molecule has 0 saturated carbocycles. The van der Waals surface area contributed by atoms with Gasteiger partial charge in [-0.15, -0.1) is 0 Å². The summed E-state index contributed by atoms with van der Waals surface area (Å²) in [6.07, 6.45) is 5.94. The first-order valence-electron chi connectivity index (χ1n) is 7.18. The Bertz CT molecular complexity index is 559. The number of hydrogen-bond acceptors (Lipinski definition) is 3. The van der Waals surface area contributed by atoms with Crippen LogP contribution >= 0.6 is 0 Å². The van der Waals surface area contributed by atoms with Gasteiger partial charge < -0.3 is 0 Å². The zero-order chi connectivity index (χ0) is 14.5. The molecule has 0 spiro atoms. The number of hydrazine groups is 1. The molecule has 1 aromatic carbocycles. The molecule has 2 aromatic rings. The van der Waals surface area contributed by atoms with Crippen LogP contribution in [0.2, 0.25) is 0 Å². The summed E-state index contributed by atoms with van der Waals surface area (Å²) in [5, 5.41) is 4.37. The molecule has 3 N–H and O–H groups in total. The van der Waals surface area contributed by atoms with Gasteiger partial charge in [0.1, 0.15) is 0 Å². The number of aromatic nitrogens is 2. The molecule has 0 aliphatic carbocycles. The quantitative estimate of drug-likeness (QED) is 0.628. The van der Waals surface area contributed by atoms with E-state index in [1.54, 1.807) is 0 Å². The summed E-state index contributed by atoms with van der Waals surface area (Å²) in [6, 6.07) is 6.67. The summed E-state index contributed by atoms with van der Waals surface area (Å²) in [6.45, 7) is 7.37. The highest BCUT2D eigenvalue weighted by molar-refractivity contribution is 5.31. The van der Waals surface area contributed by atoms with E-state index in [4.69, 9.17) is 5.84 Å². The Kier molecular flexibility index (Phi) is 4.93. The van der Waals surface area contributed by atoms with Crippen LogP contribution in [0.25, 0.3) is 0 Å². The van der Waals surface area contributed by atoms with Gasteiger partial charge in [0.05, 0.1) is 12.2 Å². The topological polar surface area (TPSA) is 55.9 Å². The molecule has 0 amide bonds. The normalized spacial score (nSPS) is 12.6. The van der Waals surface area contributed by atoms with Crippen molar-refractivity contribution in [3.63, 3.8) is 0 Å². The molecule has 108 valence electrons. The van der Waals surface area contributed by atoms with Crippen LogP contribution < -0.4 is 11.3 Å². The third-order valence-electron chi connectivity index (χ3n) is 3.72. The molecule has 2 rings (SSSR count). The van der Waals surface area contributed by atoms with Gasteiger partial charge in [0.15, 0.2) is 0 Å². The predicted octanol–water partition coefficient (Wildman–Crippen LogP) is 2.66. The Morgan fingerprint density at radius 2 is 2.10 bits per heavy atom. The Morgan fingerprint density at radius 1 is 1.30 bits per heavy atom. The standard InChI is InChI=1S/C16H24N4/c1-4-7-20-11-15(10-18-20)16(19-17)9-14-6-5-12(2)13(3)8-14/h5-6,8,10-11,16,19H,4,7,9,17H2,1-3H3. The van der Waals surface area contributed by atoms with E-state index in [1.165, 1.54) is 16.7 Å². The number of benzene rings is 1. The molecule has 1 aromatic heterocycles. The van der Waals surface area contributed by atoms with Crippen molar-refractivity contribution in [1.82, 2.24) is 15.2 Å². The zero-order valence-corrected chi connectivity index (χ0v) is 12.6. The number of rotatable bonds is 6. The SMILES string of the molecule is CCCn1cc(C(Cc2ccc(C)c(C)c2)NN)cn1. The van der Waals surface area contributed by atoms with Crippen molar-refractivity contribution in [3.8, 4) is 0 Å². The Hall–Kier alpha value is -1.65. The van der Waals surface area contributed by atoms with Crippen LogP contribution in [0.1, 0.15) is 41.6 Å². The minimum absolute atomic E-state index is 0.0997. The molecule has 0 aliphatic rings. The van der Waals surface area contributed by atoms with E-state index in [9.17, 15) is 0 Å². The van der Waals surface area contributed by atoms with E-state index in [1.807, 2.05) is 10.9 Å². The smallest absolute Gasteiger partial charge is 0.0538 e. The van der Waals surface area contributed by atoms with E-state index in [0.717, 1.165) is 24.9 Å². The van der Waals surface area contributed by atoms with Gasteiger partial charge in [0, 0.05) is 18.3 Å². The molecule has 20 heavy (non-hydrogen) atoms. The fourth-order valence-corrected chi connectivity index (χ4v) is 2.35. The molecule has 1 heterocycles. The first-order valence-corrected chi connectivity index (χ1v) is 7.18. The van der Waals surface area contributed by atoms with Gasteiger partial charge in [-0.05, 0) is 43.4 Å². The number of hydrogen-bond donors (Lipinski definition) is 2. The number of nitrogens with one attached hydrogen (secondary N) is 1. The Balaban J connectivity index is 2.12. The molecule has 0 bridgehead atoms. The van der Waals surface area contributed by atoms with E-state index in [-0.39, 0.29) is 6.04 Å². The number of nitrogens with two attached hydrogens (primary N) is 1. The largest absolute Gasteiger partial charge is 0.272 e. The molecule has 0 saturated heterocycles. The van der Waals surface area contributed by atoms with Crippen molar-refractivity contribution in [2.45, 2.75) is 46.2 Å². The fourth-order valence-electron chi connectivity index (χ4n) is 2.35. The van der Waals surface area contributed by atoms with Crippen molar-refractivity contribution in [2.24, 2.45) is 5.84 Å². The van der Waals surface area contributed by atoms with Gasteiger partial charge in [-0.25, -0.2) is 0 Å². The third kappa shape index (κ3) is 3.46. The van der Waals surface area contributed by atoms with E-state index >= 15 is 0 Å². The maximum Gasteiger partial charge on any atom is 0.0538 e. The highest BCUT2D eigenvalue weighted by Gasteiger charge is 2.13. The second-order valence-electron chi connectivity index (χ2n) is 5.38. The first kappa shape index (κ1) is 14.8. The number of nitrogens with zero attached hydrogens (tertiary/aromatic N) is 2. The summed E-state index contributed by atoms with van der Waals surface area (Å²) in [4.78, 5) is 0. The van der Waals surface area contributed by atoms with Crippen LogP contribution in [0, 0.1) is 13.8 Å². The van der Waals surface area contributed by atoms with Gasteiger partial charge in [-0.2, -0.15) is 5.10 Å². The van der Waals surface area contributed by atoms with Gasteiger partial charge in [0.2, 0.25) is 0 Å². The lowest BCUT2D eigenvalue weighted by atomic mass is 9.98. The zero-order valence-electron chi connectivity index (χ0n) is 12.6. The van der Waals surface area contributed by atoms with Crippen LogP contribution in [0.4, 0.5) is 0 Å². The summed E-state index contributed by atoms with van der Waals surface area (Å²) in [5.41, 5.74) is 7.97. The minimum Gasteiger partial charge on any atom is -0.272 e. The summed E-state index contributed by atoms with van der Waals surface area (Å²) in [5.74, 6) is 5.72. The average Bonchev–Trinajstić information content (AvgIpc) is 2.89. The Labute approximate surface area is 121 Å². The van der Waals surface area contributed by atoms with Crippen molar-refractivity contribution in [2.75, 3.05) is 0 Å². The van der Waals surface area contributed by atoms with Crippen LogP contribution in [0.15, 0.2) is 30.6 Å². The van der Waals surface area contributed by atoms with Crippen LogP contribution in [-0.2, 0) is 13.0 Å². The molecular weight excluding hydrogens is 248 g/mol. The molecular formula is C16H24N4. The molecule has 0 radical (unpaired) electrons. The van der Waals surface area contributed by atoms with Crippen molar-refractivity contribution in [1.29, 1.82) is 0 Å². The predicted molar refractivity (Wildman–Crippen MR) is 82.2 cm³/mol. The second-order valence-corrected chi connectivity index (χ2v) is 5.38. The lowest BCUT2D eigenvalue weighted by Gasteiger charge is -2.15. The third-order valence-corrected chi connectivity index (χ3v) is 3.72. The minimum atomic E-state index is 0.0997. The second kappa shape index (κ2) is 6.68. The highest BCUT2D eigenvalue weighted by atomic mass is 15.3. The molecule has 1 atom stereocenters. The molecule has 4 nitrogen and oxygen atoms in total. The van der Waals surface area contributed by atoms with Crippen molar-refractivity contribution in [3.05, 3.63) is 52.8 Å². The lowest BCUT2D eigenvalue weighted by molar-refractivity contribution is 0.548. The van der Waals surface area contributed by atoms with Gasteiger partial charge in [-0.1, -0.05) is 25.1 Å². The van der Waals surface area contributed by atoms with Gasteiger partial charge in [-0.3, -0.25) is 16.0 Å². The van der Waals surface area contributed by atoms with E-state index in [2.05, 4.69) is 55.7 Å². The Morgan fingerprint density at radius 3 is 2.75 bits per heavy atom. The molecule has 0 aliphatic heterocycles. The summed E-state index contributed by atoms with van der Waals surface area (Å²) >= 11 is 0. The first-order chi connectivity index (χ1) is 9.63. The maximum absolute atomic E-state index is 5.72. The van der Waals surface area contributed by atoms with E-state index in [0.29, 0.717) is 0 Å². The molecule has 1 unspecified atom stereocenters. The molecule has 0 fully saturated rings. The lowest BCUT2D eigenvalue weighted by Crippen LogP contribution is -2.29. The van der Waals surface area contributed by atoms with Crippen molar-refractivity contribution < 1.29 is 0 Å². The van der Waals surface area contributed by atoms with Gasteiger partial charge >= 0.3 is 0 Å². The molecule has 4 heteroatoms. The average molecular weight is 272 g/mol. The maximum atomic E-state index is 5.72. The summed E-state index contributed by atoms with van der Waals surface area (Å²) in [7, 11) is 0. The summed E-state index contributed by atoms with van der Waals surface area (Å²) < 4.78 is 1.97. The highest BCUT2D eigenvalue weighted by Crippen LogP contribution is 2.19. The van der Waals surface area contributed by atoms with Gasteiger partial charge in [0.25, 0.3) is 0 Å².